The minimum atomic E-state index is -0.817. The molecule has 0 fully saturated rings. The SMILES string of the molecule is Cc1ccc(CNC(=O)C(c2ccccc2)N(Cc2ccc(Cl)cc2)C(=O)Cc2ccc(Cl)cc2)cc1. The van der Waals surface area contributed by atoms with Crippen molar-refractivity contribution in [1.29, 1.82) is 0 Å². The van der Waals surface area contributed by atoms with Crippen LogP contribution in [0.1, 0.15) is 33.9 Å². The summed E-state index contributed by atoms with van der Waals surface area (Å²) < 4.78 is 0. The first kappa shape index (κ1) is 26.5. The molecule has 4 rings (SSSR count). The minimum absolute atomic E-state index is 0.138. The summed E-state index contributed by atoms with van der Waals surface area (Å²) in [5, 5.41) is 4.26. The van der Waals surface area contributed by atoms with Crippen molar-refractivity contribution in [3.05, 3.63) is 141 Å². The Morgan fingerprint density at radius 2 is 1.27 bits per heavy atom. The highest BCUT2D eigenvalue weighted by Gasteiger charge is 2.31. The summed E-state index contributed by atoms with van der Waals surface area (Å²) in [5.74, 6) is -0.415. The molecule has 2 amide bonds. The highest BCUT2D eigenvalue weighted by Crippen LogP contribution is 2.26. The molecule has 188 valence electrons. The van der Waals surface area contributed by atoms with Crippen LogP contribution in [0.5, 0.6) is 0 Å². The second-order valence-electron chi connectivity index (χ2n) is 8.97. The van der Waals surface area contributed by atoms with Crippen molar-refractivity contribution in [1.82, 2.24) is 10.2 Å². The molecule has 4 aromatic carbocycles. The highest BCUT2D eigenvalue weighted by molar-refractivity contribution is 6.30. The number of carbonyl (C=O) groups excluding carboxylic acids is 2. The van der Waals surface area contributed by atoms with Gasteiger partial charge >= 0.3 is 0 Å². The number of hydrogen-bond acceptors (Lipinski definition) is 2. The third-order valence-corrected chi connectivity index (χ3v) is 6.62. The Kier molecular flexibility index (Phi) is 8.99. The van der Waals surface area contributed by atoms with E-state index in [1.807, 2.05) is 85.8 Å². The van der Waals surface area contributed by atoms with Gasteiger partial charge in [-0.1, -0.05) is 108 Å². The molecular weight excluding hydrogens is 503 g/mol. The van der Waals surface area contributed by atoms with Gasteiger partial charge in [-0.2, -0.15) is 0 Å². The molecule has 4 aromatic rings. The Balaban J connectivity index is 1.66. The van der Waals surface area contributed by atoms with Gasteiger partial charge in [-0.15, -0.1) is 0 Å². The van der Waals surface area contributed by atoms with Gasteiger partial charge in [0.25, 0.3) is 0 Å². The molecule has 6 heteroatoms. The van der Waals surface area contributed by atoms with Crippen LogP contribution in [0.4, 0.5) is 0 Å². The lowest BCUT2D eigenvalue weighted by Gasteiger charge is -2.32. The van der Waals surface area contributed by atoms with Gasteiger partial charge in [-0.05, 0) is 53.4 Å². The molecule has 0 heterocycles. The molecule has 0 radical (unpaired) electrons. The zero-order chi connectivity index (χ0) is 26.2. The Hall–Kier alpha value is -3.60. The Morgan fingerprint density at radius 1 is 0.730 bits per heavy atom. The molecule has 0 saturated carbocycles. The average molecular weight is 531 g/mol. The van der Waals surface area contributed by atoms with E-state index < -0.39 is 6.04 Å². The van der Waals surface area contributed by atoms with Crippen molar-refractivity contribution < 1.29 is 9.59 Å². The first-order valence-corrected chi connectivity index (χ1v) is 12.8. The van der Waals surface area contributed by atoms with Crippen molar-refractivity contribution >= 4 is 35.0 Å². The van der Waals surface area contributed by atoms with E-state index in [4.69, 9.17) is 23.2 Å². The Labute approximate surface area is 227 Å². The maximum Gasteiger partial charge on any atom is 0.247 e. The summed E-state index contributed by atoms with van der Waals surface area (Å²) in [4.78, 5) is 29.2. The number of halogens is 2. The molecule has 37 heavy (non-hydrogen) atoms. The summed E-state index contributed by atoms with van der Waals surface area (Å²) in [7, 11) is 0. The van der Waals surface area contributed by atoms with Crippen LogP contribution >= 0.6 is 23.2 Å². The van der Waals surface area contributed by atoms with Crippen LogP contribution in [-0.2, 0) is 29.1 Å². The number of nitrogens with zero attached hydrogens (tertiary/aromatic N) is 1. The van der Waals surface area contributed by atoms with Gasteiger partial charge in [0.15, 0.2) is 0 Å². The van der Waals surface area contributed by atoms with E-state index in [0.717, 1.165) is 27.8 Å². The standard InChI is InChI=1S/C31H28Cl2N2O2/c1-22-7-9-24(10-8-22)20-34-31(37)30(26-5-3-2-4-6-26)35(21-25-13-17-28(33)18-14-25)29(36)19-23-11-15-27(32)16-12-23/h2-18,30H,19-21H2,1H3,(H,34,37). The van der Waals surface area contributed by atoms with E-state index in [-0.39, 0.29) is 24.8 Å². The van der Waals surface area contributed by atoms with E-state index >= 15 is 0 Å². The zero-order valence-corrected chi connectivity index (χ0v) is 22.0. The van der Waals surface area contributed by atoms with Crippen molar-refractivity contribution in [2.24, 2.45) is 0 Å². The van der Waals surface area contributed by atoms with Gasteiger partial charge < -0.3 is 10.2 Å². The van der Waals surface area contributed by atoms with Crippen LogP contribution in [0, 0.1) is 6.92 Å². The largest absolute Gasteiger partial charge is 0.350 e. The van der Waals surface area contributed by atoms with E-state index in [1.54, 1.807) is 29.2 Å². The molecule has 0 bridgehead atoms. The molecule has 0 aliphatic rings. The minimum Gasteiger partial charge on any atom is -0.350 e. The zero-order valence-electron chi connectivity index (χ0n) is 20.5. The molecule has 0 spiro atoms. The number of amides is 2. The molecule has 0 aromatic heterocycles. The van der Waals surface area contributed by atoms with E-state index in [1.165, 1.54) is 0 Å². The maximum atomic E-state index is 13.8. The van der Waals surface area contributed by atoms with Crippen LogP contribution in [0.3, 0.4) is 0 Å². The van der Waals surface area contributed by atoms with E-state index in [9.17, 15) is 9.59 Å². The predicted octanol–water partition coefficient (Wildman–Crippen LogP) is 6.93. The number of aryl methyl sites for hydroxylation is 1. The third kappa shape index (κ3) is 7.45. The van der Waals surface area contributed by atoms with Crippen LogP contribution in [0.2, 0.25) is 10.0 Å². The summed E-state index contributed by atoms with van der Waals surface area (Å²) in [6.45, 7) is 2.64. The summed E-state index contributed by atoms with van der Waals surface area (Å²) in [5.41, 5.74) is 4.58. The van der Waals surface area contributed by atoms with Gasteiger partial charge in [-0.25, -0.2) is 0 Å². The monoisotopic (exact) mass is 530 g/mol. The highest BCUT2D eigenvalue weighted by atomic mass is 35.5. The fraction of sp³-hybridized carbons (Fsp3) is 0.161. The molecule has 0 aliphatic carbocycles. The van der Waals surface area contributed by atoms with Crippen LogP contribution in [0.25, 0.3) is 0 Å². The van der Waals surface area contributed by atoms with Crippen LogP contribution < -0.4 is 5.32 Å². The number of hydrogen-bond donors (Lipinski definition) is 1. The van der Waals surface area contributed by atoms with Gasteiger partial charge in [0.1, 0.15) is 6.04 Å². The van der Waals surface area contributed by atoms with Crippen molar-refractivity contribution in [2.45, 2.75) is 32.5 Å². The Bertz CT molecular complexity index is 1320. The van der Waals surface area contributed by atoms with Crippen LogP contribution in [-0.4, -0.2) is 16.7 Å². The summed E-state index contributed by atoms with van der Waals surface area (Å²) in [6, 6.07) is 31.1. The molecule has 1 unspecified atom stereocenters. The quantitative estimate of drug-likeness (QED) is 0.255. The van der Waals surface area contributed by atoms with E-state index in [0.29, 0.717) is 16.6 Å². The second-order valence-corrected chi connectivity index (χ2v) is 9.84. The fourth-order valence-corrected chi connectivity index (χ4v) is 4.34. The molecule has 0 aliphatic heterocycles. The lowest BCUT2D eigenvalue weighted by atomic mass is 10.0. The lowest BCUT2D eigenvalue weighted by molar-refractivity contribution is -0.141. The third-order valence-electron chi connectivity index (χ3n) is 6.12. The normalized spacial score (nSPS) is 11.5. The predicted molar refractivity (Wildman–Crippen MR) is 149 cm³/mol. The molecule has 4 nitrogen and oxygen atoms in total. The lowest BCUT2D eigenvalue weighted by Crippen LogP contribution is -2.43. The smallest absolute Gasteiger partial charge is 0.247 e. The van der Waals surface area contributed by atoms with Gasteiger partial charge in [0.05, 0.1) is 6.42 Å². The average Bonchev–Trinajstić information content (AvgIpc) is 2.91. The first-order chi connectivity index (χ1) is 17.9. The molecule has 1 N–H and O–H groups in total. The Morgan fingerprint density at radius 3 is 1.86 bits per heavy atom. The number of benzene rings is 4. The molecule has 1 atom stereocenters. The number of rotatable bonds is 9. The van der Waals surface area contributed by atoms with E-state index in [2.05, 4.69) is 5.32 Å². The van der Waals surface area contributed by atoms with Crippen molar-refractivity contribution in [2.75, 3.05) is 0 Å². The number of carbonyl (C=O) groups is 2. The molecular formula is C31H28Cl2N2O2. The summed E-state index contributed by atoms with van der Waals surface area (Å²) >= 11 is 12.1. The van der Waals surface area contributed by atoms with Crippen LogP contribution in [0.15, 0.2) is 103 Å². The summed E-state index contributed by atoms with van der Waals surface area (Å²) in [6.07, 6.45) is 0.138. The molecule has 0 saturated heterocycles. The topological polar surface area (TPSA) is 49.4 Å². The maximum absolute atomic E-state index is 13.8. The van der Waals surface area contributed by atoms with Gasteiger partial charge in [-0.3, -0.25) is 9.59 Å². The van der Waals surface area contributed by atoms with Crippen molar-refractivity contribution in [3.63, 3.8) is 0 Å². The second kappa shape index (κ2) is 12.6. The first-order valence-electron chi connectivity index (χ1n) is 12.1. The number of nitrogens with one attached hydrogen (secondary N) is 1. The van der Waals surface area contributed by atoms with Gasteiger partial charge in [0, 0.05) is 23.1 Å². The van der Waals surface area contributed by atoms with Gasteiger partial charge in [0.2, 0.25) is 11.8 Å². The fourth-order valence-electron chi connectivity index (χ4n) is 4.09. The van der Waals surface area contributed by atoms with Crippen molar-refractivity contribution in [3.8, 4) is 0 Å².